The molecule has 2 aromatic heterocycles. The number of nitrogens with zero attached hydrogens (tertiary/aromatic N) is 4. The Morgan fingerprint density at radius 2 is 2.00 bits per heavy atom. The number of aryl methyl sites for hydroxylation is 1. The number of rotatable bonds is 3. The van der Waals surface area contributed by atoms with Gasteiger partial charge in [-0.05, 0) is 24.0 Å². The maximum atomic E-state index is 5.56. The average molecular weight is 350 g/mol. The molecule has 0 unspecified atom stereocenters. The molecule has 0 saturated carbocycles. The first-order valence-electron chi connectivity index (χ1n) is 9.20. The smallest absolute Gasteiger partial charge is 0.182 e. The second kappa shape index (κ2) is 6.66. The second-order valence-electron chi connectivity index (χ2n) is 6.90. The van der Waals surface area contributed by atoms with Gasteiger partial charge in [-0.3, -0.25) is 4.90 Å². The van der Waals surface area contributed by atoms with Crippen molar-refractivity contribution >= 4 is 17.0 Å². The summed E-state index contributed by atoms with van der Waals surface area (Å²) >= 11 is 0. The fourth-order valence-electron chi connectivity index (χ4n) is 4.24. The van der Waals surface area contributed by atoms with Gasteiger partial charge in [0.2, 0.25) is 0 Å². The summed E-state index contributed by atoms with van der Waals surface area (Å²) in [4.78, 5) is 18.7. The van der Waals surface area contributed by atoms with Crippen molar-refractivity contribution in [2.75, 3.05) is 31.6 Å². The largest absolute Gasteiger partial charge is 0.379 e. The Labute approximate surface area is 151 Å². The van der Waals surface area contributed by atoms with Gasteiger partial charge < -0.3 is 15.0 Å². The van der Waals surface area contributed by atoms with Gasteiger partial charge in [0.05, 0.1) is 25.6 Å². The molecule has 2 atom stereocenters. The van der Waals surface area contributed by atoms with Crippen molar-refractivity contribution in [2.24, 2.45) is 0 Å². The van der Waals surface area contributed by atoms with E-state index in [9.17, 15) is 0 Å². The van der Waals surface area contributed by atoms with Crippen LogP contribution >= 0.6 is 0 Å². The zero-order valence-electron chi connectivity index (χ0n) is 14.6. The quantitative estimate of drug-likeness (QED) is 0.754. The van der Waals surface area contributed by atoms with E-state index in [1.165, 1.54) is 11.1 Å². The van der Waals surface area contributed by atoms with E-state index < -0.39 is 0 Å². The van der Waals surface area contributed by atoms with Crippen molar-refractivity contribution in [2.45, 2.75) is 24.9 Å². The van der Waals surface area contributed by atoms with E-state index in [0.29, 0.717) is 11.7 Å². The first-order valence-corrected chi connectivity index (χ1v) is 9.20. The highest BCUT2D eigenvalue weighted by molar-refractivity contribution is 5.82. The number of hydrogen-bond donors (Lipinski definition) is 2. The Kier molecular flexibility index (Phi) is 4.03. The topological polar surface area (TPSA) is 79.0 Å². The average Bonchev–Trinajstić information content (AvgIpc) is 3.19. The molecule has 0 amide bonds. The van der Waals surface area contributed by atoms with Gasteiger partial charge in [-0.1, -0.05) is 24.3 Å². The zero-order chi connectivity index (χ0) is 17.3. The summed E-state index contributed by atoms with van der Waals surface area (Å²) in [6.45, 7) is 3.58. The lowest BCUT2D eigenvalue weighted by Gasteiger charge is -2.42. The molecule has 0 bridgehead atoms. The van der Waals surface area contributed by atoms with E-state index in [1.54, 1.807) is 12.7 Å². The van der Waals surface area contributed by atoms with Gasteiger partial charge >= 0.3 is 0 Å². The molecule has 2 N–H and O–H groups in total. The first-order chi connectivity index (χ1) is 12.9. The number of morpholine rings is 1. The number of benzene rings is 1. The van der Waals surface area contributed by atoms with Crippen molar-refractivity contribution in [3.05, 3.63) is 48.0 Å². The predicted molar refractivity (Wildman–Crippen MR) is 99.0 cm³/mol. The van der Waals surface area contributed by atoms with Crippen LogP contribution in [0.5, 0.6) is 0 Å². The Morgan fingerprint density at radius 1 is 1.12 bits per heavy atom. The molecule has 3 aromatic rings. The highest BCUT2D eigenvalue weighted by atomic mass is 16.5. The summed E-state index contributed by atoms with van der Waals surface area (Å²) < 4.78 is 5.56. The number of nitrogens with one attached hydrogen (secondary N) is 2. The predicted octanol–water partition coefficient (Wildman–Crippen LogP) is 2.15. The molecule has 1 aliphatic heterocycles. The molecule has 1 fully saturated rings. The fraction of sp³-hybridized carbons (Fsp3) is 0.421. The van der Waals surface area contributed by atoms with Gasteiger partial charge in [-0.2, -0.15) is 0 Å². The molecule has 0 radical (unpaired) electrons. The van der Waals surface area contributed by atoms with Crippen molar-refractivity contribution in [1.82, 2.24) is 24.8 Å². The molecule has 1 aliphatic carbocycles. The Bertz CT molecular complexity index is 904. The third-order valence-corrected chi connectivity index (χ3v) is 5.51. The van der Waals surface area contributed by atoms with Crippen LogP contribution in [0.15, 0.2) is 36.9 Å². The second-order valence-corrected chi connectivity index (χ2v) is 6.90. The van der Waals surface area contributed by atoms with Crippen LogP contribution in [0.1, 0.15) is 23.6 Å². The first kappa shape index (κ1) is 15.7. The minimum atomic E-state index is 0.180. The van der Waals surface area contributed by atoms with Crippen molar-refractivity contribution in [1.29, 1.82) is 0 Å². The normalized spacial score (nSPS) is 23.7. The monoisotopic (exact) mass is 350 g/mol. The molecule has 2 aliphatic rings. The van der Waals surface area contributed by atoms with E-state index >= 15 is 0 Å². The number of anilines is 1. The van der Waals surface area contributed by atoms with Gasteiger partial charge in [0.15, 0.2) is 11.5 Å². The summed E-state index contributed by atoms with van der Waals surface area (Å²) in [5, 5.41) is 3.71. The SMILES string of the molecule is c1ccc2c(c1)CC[C@H](N1CCOCC1)[C@H]2Nc1ncnc2nc[nH]c12. The maximum Gasteiger partial charge on any atom is 0.182 e. The number of H-pyrrole nitrogens is 1. The molecule has 0 spiro atoms. The third-order valence-electron chi connectivity index (χ3n) is 5.51. The lowest BCUT2D eigenvalue weighted by Crippen LogP contribution is -2.49. The third kappa shape index (κ3) is 2.73. The van der Waals surface area contributed by atoms with Crippen LogP contribution in [0.3, 0.4) is 0 Å². The van der Waals surface area contributed by atoms with Gasteiger partial charge in [0, 0.05) is 19.1 Å². The van der Waals surface area contributed by atoms with E-state index in [1.807, 2.05) is 0 Å². The lowest BCUT2D eigenvalue weighted by atomic mass is 9.83. The van der Waals surface area contributed by atoms with E-state index in [0.717, 1.165) is 50.5 Å². The maximum absolute atomic E-state index is 5.56. The van der Waals surface area contributed by atoms with E-state index in [-0.39, 0.29) is 6.04 Å². The Hall–Kier alpha value is -2.51. The molecule has 7 nitrogen and oxygen atoms in total. The number of fused-ring (bicyclic) bond motifs is 2. The van der Waals surface area contributed by atoms with Crippen molar-refractivity contribution < 1.29 is 4.74 Å². The number of aromatic amines is 1. The van der Waals surface area contributed by atoms with Crippen LogP contribution in [0.25, 0.3) is 11.2 Å². The number of imidazole rings is 1. The summed E-state index contributed by atoms with van der Waals surface area (Å²) in [5.41, 5.74) is 4.33. The Morgan fingerprint density at radius 3 is 2.92 bits per heavy atom. The van der Waals surface area contributed by atoms with Crippen LogP contribution in [-0.4, -0.2) is 57.2 Å². The summed E-state index contributed by atoms with van der Waals surface area (Å²) in [5.74, 6) is 0.812. The van der Waals surface area contributed by atoms with Crippen LogP contribution < -0.4 is 5.32 Å². The van der Waals surface area contributed by atoms with E-state index in [4.69, 9.17) is 4.74 Å². The minimum Gasteiger partial charge on any atom is -0.379 e. The van der Waals surface area contributed by atoms with E-state index in [2.05, 4.69) is 54.4 Å². The summed E-state index contributed by atoms with van der Waals surface area (Å²) in [7, 11) is 0. The molecule has 26 heavy (non-hydrogen) atoms. The molecule has 7 heteroatoms. The van der Waals surface area contributed by atoms with Crippen LogP contribution in [0, 0.1) is 0 Å². The summed E-state index contributed by atoms with van der Waals surface area (Å²) in [6.07, 6.45) is 5.48. The molecule has 3 heterocycles. The van der Waals surface area contributed by atoms with Crippen molar-refractivity contribution in [3.63, 3.8) is 0 Å². The van der Waals surface area contributed by atoms with Gasteiger partial charge in [0.1, 0.15) is 11.8 Å². The Balaban J connectivity index is 1.53. The van der Waals surface area contributed by atoms with Crippen LogP contribution in [0.2, 0.25) is 0 Å². The van der Waals surface area contributed by atoms with Gasteiger partial charge in [-0.15, -0.1) is 0 Å². The zero-order valence-corrected chi connectivity index (χ0v) is 14.6. The number of ether oxygens (including phenoxy) is 1. The lowest BCUT2D eigenvalue weighted by molar-refractivity contribution is 0.00896. The van der Waals surface area contributed by atoms with Crippen molar-refractivity contribution in [3.8, 4) is 0 Å². The number of aromatic nitrogens is 4. The molecule has 134 valence electrons. The van der Waals surface area contributed by atoms with Gasteiger partial charge in [0.25, 0.3) is 0 Å². The molecular formula is C19H22N6O. The van der Waals surface area contributed by atoms with Crippen LogP contribution in [-0.2, 0) is 11.2 Å². The summed E-state index contributed by atoms with van der Waals surface area (Å²) in [6, 6.07) is 9.33. The molecule has 1 aromatic carbocycles. The standard InChI is InChI=1S/C19H22N6O/c1-2-4-14-13(3-1)5-6-15(25-7-9-26-10-8-25)16(14)24-19-17-18(21-11-20-17)22-12-23-19/h1-4,11-12,15-16H,5-10H2,(H2,20,21,22,23,24)/t15-,16-/m0/s1. The van der Waals surface area contributed by atoms with Gasteiger partial charge in [-0.25, -0.2) is 15.0 Å². The molecule has 5 rings (SSSR count). The molecular weight excluding hydrogens is 328 g/mol. The highest BCUT2D eigenvalue weighted by Gasteiger charge is 2.34. The molecule has 1 saturated heterocycles. The minimum absolute atomic E-state index is 0.180. The number of hydrogen-bond acceptors (Lipinski definition) is 6. The van der Waals surface area contributed by atoms with Crippen LogP contribution in [0.4, 0.5) is 5.82 Å². The highest BCUT2D eigenvalue weighted by Crippen LogP contribution is 2.36. The fourth-order valence-corrected chi connectivity index (χ4v) is 4.24.